The van der Waals surface area contributed by atoms with Gasteiger partial charge in [0, 0.05) is 36.2 Å². The summed E-state index contributed by atoms with van der Waals surface area (Å²) in [5.41, 5.74) is -4.69. The van der Waals surface area contributed by atoms with Crippen LogP contribution in [0.4, 0.5) is 0 Å². The van der Waals surface area contributed by atoms with Crippen LogP contribution in [0.25, 0.3) is 0 Å². The lowest BCUT2D eigenvalue weighted by Crippen LogP contribution is -2.66. The Kier molecular flexibility index (Phi) is 7.05. The van der Waals surface area contributed by atoms with Crippen molar-refractivity contribution in [2.45, 2.75) is 109 Å². The fourth-order valence-corrected chi connectivity index (χ4v) is 8.30. The molecule has 0 heterocycles. The Bertz CT molecular complexity index is 929. The minimum Gasteiger partial charge on any atom is -0.455 e. The number of carbonyl (C=O) groups excluding carboxylic acids is 2. The molecule has 8 nitrogen and oxygen atoms in total. The van der Waals surface area contributed by atoms with Gasteiger partial charge in [-0.2, -0.15) is 0 Å². The van der Waals surface area contributed by atoms with Crippen molar-refractivity contribution in [2.24, 2.45) is 35.0 Å². The molecule has 4 aliphatic rings. The van der Waals surface area contributed by atoms with E-state index in [0.29, 0.717) is 31.3 Å². The van der Waals surface area contributed by atoms with Gasteiger partial charge in [-0.3, -0.25) is 9.59 Å². The van der Waals surface area contributed by atoms with Crippen molar-refractivity contribution in [1.82, 2.24) is 0 Å². The quantitative estimate of drug-likeness (QED) is 0.290. The maximum Gasteiger partial charge on any atom is 0.306 e. The average Bonchev–Trinajstić information content (AvgIpc) is 3.23. The van der Waals surface area contributed by atoms with Gasteiger partial charge in [-0.25, -0.2) is 0 Å². The predicted molar refractivity (Wildman–Crippen MR) is 131 cm³/mol. The smallest absolute Gasteiger partial charge is 0.306 e. The minimum atomic E-state index is -1.83. The molecule has 10 atom stereocenters. The average molecular weight is 509 g/mol. The van der Waals surface area contributed by atoms with Crippen LogP contribution in [-0.2, 0) is 19.1 Å². The third-order valence-corrected chi connectivity index (χ3v) is 9.97. The first kappa shape index (κ1) is 27.7. The Labute approximate surface area is 214 Å². The van der Waals surface area contributed by atoms with Gasteiger partial charge in [0.15, 0.2) is 12.1 Å². The Hall–Kier alpha value is -1.32. The van der Waals surface area contributed by atoms with E-state index in [1.54, 1.807) is 13.0 Å². The molecule has 4 rings (SSSR count). The molecule has 0 aliphatic heterocycles. The molecule has 0 aromatic rings. The van der Waals surface area contributed by atoms with Crippen molar-refractivity contribution < 1.29 is 39.5 Å². The summed E-state index contributed by atoms with van der Waals surface area (Å²) in [6.45, 7) is 11.0. The molecular formula is C28H44O8. The number of hydrogen-bond acceptors (Lipinski definition) is 8. The van der Waals surface area contributed by atoms with Crippen LogP contribution in [0.15, 0.2) is 11.6 Å². The highest BCUT2D eigenvalue weighted by Gasteiger charge is 2.87. The predicted octanol–water partition coefficient (Wildman–Crippen LogP) is 2.50. The number of carbonyl (C=O) groups is 2. The summed E-state index contributed by atoms with van der Waals surface area (Å²) in [7, 11) is 0. The van der Waals surface area contributed by atoms with Gasteiger partial charge in [0.05, 0.1) is 5.60 Å². The van der Waals surface area contributed by atoms with Gasteiger partial charge in [0.2, 0.25) is 0 Å². The number of ketones is 1. The molecule has 4 N–H and O–H groups in total. The van der Waals surface area contributed by atoms with Gasteiger partial charge < -0.3 is 29.9 Å². The van der Waals surface area contributed by atoms with Gasteiger partial charge in [0.1, 0.15) is 17.3 Å². The first-order chi connectivity index (χ1) is 16.8. The summed E-state index contributed by atoms with van der Waals surface area (Å²) in [4.78, 5) is 26.1. The molecular weight excluding hydrogens is 464 g/mol. The second kappa shape index (κ2) is 9.16. The van der Waals surface area contributed by atoms with E-state index in [1.165, 1.54) is 0 Å². The van der Waals surface area contributed by atoms with E-state index in [4.69, 9.17) is 9.47 Å². The molecule has 0 spiro atoms. The highest BCUT2D eigenvalue weighted by molar-refractivity contribution is 6.04. The third-order valence-electron chi connectivity index (χ3n) is 9.97. The van der Waals surface area contributed by atoms with Gasteiger partial charge in [0.25, 0.3) is 0 Å². The van der Waals surface area contributed by atoms with Crippen LogP contribution in [0.2, 0.25) is 0 Å². The zero-order valence-corrected chi connectivity index (χ0v) is 22.5. The molecule has 0 aromatic carbocycles. The SMILES string of the molecule is CCCC(=O)O[C@@]12[C@H](OC(O)CCC)[C@@H](C)[C@@]3(O)[C@@H](CC(CO)C[C@]4(O)C(=O)C(C)=C[C@@H]34)[C@@H]1C2(C)C. The molecule has 36 heavy (non-hydrogen) atoms. The van der Waals surface area contributed by atoms with Crippen LogP contribution in [-0.4, -0.2) is 68.0 Å². The van der Waals surface area contributed by atoms with Crippen LogP contribution in [0.1, 0.15) is 80.1 Å². The second-order valence-electron chi connectivity index (χ2n) is 12.4. The maximum absolute atomic E-state index is 13.2. The van der Waals surface area contributed by atoms with Crippen LogP contribution in [0.3, 0.4) is 0 Å². The number of rotatable bonds is 8. The molecule has 0 radical (unpaired) electrons. The number of aliphatic hydroxyl groups is 4. The van der Waals surface area contributed by atoms with Crippen LogP contribution in [0.5, 0.6) is 0 Å². The van der Waals surface area contributed by atoms with E-state index in [0.717, 1.165) is 0 Å². The van der Waals surface area contributed by atoms with Gasteiger partial charge in [-0.1, -0.05) is 47.1 Å². The van der Waals surface area contributed by atoms with Gasteiger partial charge in [-0.05, 0) is 50.0 Å². The zero-order valence-electron chi connectivity index (χ0n) is 22.5. The maximum atomic E-state index is 13.2. The number of hydrogen-bond donors (Lipinski definition) is 4. The van der Waals surface area contributed by atoms with E-state index >= 15 is 0 Å². The fraction of sp³-hybridized carbons (Fsp3) is 0.857. The molecule has 0 amide bonds. The molecule has 3 saturated carbocycles. The van der Waals surface area contributed by atoms with Crippen molar-refractivity contribution in [3.63, 3.8) is 0 Å². The van der Waals surface area contributed by atoms with Crippen molar-refractivity contribution in [1.29, 1.82) is 0 Å². The number of aliphatic hydroxyl groups excluding tert-OH is 2. The summed E-state index contributed by atoms with van der Waals surface area (Å²) in [6.07, 6.45) is 2.08. The largest absolute Gasteiger partial charge is 0.455 e. The Morgan fingerprint density at radius 1 is 1.22 bits per heavy atom. The minimum absolute atomic E-state index is 0.0477. The first-order valence-electron chi connectivity index (χ1n) is 13.6. The van der Waals surface area contributed by atoms with Crippen molar-refractivity contribution in [2.75, 3.05) is 6.61 Å². The van der Waals surface area contributed by atoms with Crippen molar-refractivity contribution in [3.8, 4) is 0 Å². The summed E-state index contributed by atoms with van der Waals surface area (Å²) in [5.74, 6) is -3.57. The topological polar surface area (TPSA) is 134 Å². The van der Waals surface area contributed by atoms with E-state index in [-0.39, 0.29) is 31.3 Å². The lowest BCUT2D eigenvalue weighted by atomic mass is 9.58. The molecule has 2 unspecified atom stereocenters. The third kappa shape index (κ3) is 3.58. The van der Waals surface area contributed by atoms with Crippen molar-refractivity contribution >= 4 is 11.8 Å². The summed E-state index contributed by atoms with van der Waals surface area (Å²) in [5, 5.41) is 45.4. The molecule has 3 fully saturated rings. The van der Waals surface area contributed by atoms with Gasteiger partial charge >= 0.3 is 5.97 Å². The molecule has 0 saturated heterocycles. The Morgan fingerprint density at radius 3 is 2.47 bits per heavy atom. The molecule has 204 valence electrons. The lowest BCUT2D eigenvalue weighted by Gasteiger charge is -2.54. The first-order valence-corrected chi connectivity index (χ1v) is 13.6. The zero-order chi connectivity index (χ0) is 26.8. The van der Waals surface area contributed by atoms with E-state index in [9.17, 15) is 30.0 Å². The second-order valence-corrected chi connectivity index (χ2v) is 12.4. The fourth-order valence-electron chi connectivity index (χ4n) is 8.30. The number of Topliss-reactive ketones (excluding diaryl/α,β-unsaturated/α-hetero) is 1. The highest BCUT2D eigenvalue weighted by atomic mass is 16.6. The number of ether oxygens (including phenoxy) is 2. The molecule has 8 heteroatoms. The molecule has 4 aliphatic carbocycles. The monoisotopic (exact) mass is 508 g/mol. The number of esters is 1. The molecule has 0 aromatic heterocycles. The van der Waals surface area contributed by atoms with Gasteiger partial charge in [-0.15, -0.1) is 0 Å². The Morgan fingerprint density at radius 2 is 1.89 bits per heavy atom. The normalized spacial score (nSPS) is 45.6. The van der Waals surface area contributed by atoms with Crippen LogP contribution < -0.4 is 0 Å². The van der Waals surface area contributed by atoms with E-state index in [2.05, 4.69) is 0 Å². The summed E-state index contributed by atoms with van der Waals surface area (Å²) < 4.78 is 12.5. The van der Waals surface area contributed by atoms with Crippen LogP contribution >= 0.6 is 0 Å². The molecule has 0 bridgehead atoms. The summed E-state index contributed by atoms with van der Waals surface area (Å²) >= 11 is 0. The van der Waals surface area contributed by atoms with Crippen molar-refractivity contribution in [3.05, 3.63) is 11.6 Å². The summed E-state index contributed by atoms with van der Waals surface area (Å²) in [6, 6.07) is 0. The van der Waals surface area contributed by atoms with E-state index in [1.807, 2.05) is 34.6 Å². The lowest BCUT2D eigenvalue weighted by molar-refractivity contribution is -0.265. The highest BCUT2D eigenvalue weighted by Crippen LogP contribution is 2.77. The Balaban J connectivity index is 1.88. The van der Waals surface area contributed by atoms with Crippen LogP contribution in [0, 0.1) is 35.0 Å². The standard InChI is InChI=1S/C28H44O8/c1-7-9-20(30)35-24-16(4)27(34)18(22-25(5,6)28(22,24)36-21(31)10-8-2)12-17(14-29)13-26(33)19(27)11-15(3)23(26)32/h11,16-20,22,24,29-30,33-34H,7-10,12-14H2,1-6H3/t16-,17?,18+,19-,20?,22-,24-,26-,27-,28-/m1/s1. The van der Waals surface area contributed by atoms with E-state index < -0.39 is 64.1 Å². The number of fused-ring (bicyclic) bond motifs is 5.